The molecule has 0 atom stereocenters. The molecule has 0 spiro atoms. The molecule has 64 valence electrons. The lowest BCUT2D eigenvalue weighted by molar-refractivity contribution is -0.127. The Labute approximate surface area is 72.8 Å². The molecule has 0 rings (SSSR count). The molecule has 3 heteroatoms. The van der Waals surface area contributed by atoms with Gasteiger partial charge in [-0.2, -0.15) is 0 Å². The van der Waals surface area contributed by atoms with Crippen LogP contribution < -0.4 is 0 Å². The van der Waals surface area contributed by atoms with Crippen LogP contribution in [0.3, 0.4) is 0 Å². The summed E-state index contributed by atoms with van der Waals surface area (Å²) in [6.07, 6.45) is 0. The van der Waals surface area contributed by atoms with E-state index >= 15 is 0 Å². The van der Waals surface area contributed by atoms with E-state index in [2.05, 4.69) is 6.58 Å². The third kappa shape index (κ3) is 4.04. The van der Waals surface area contributed by atoms with Crippen LogP contribution >= 0.6 is 11.6 Å². The van der Waals surface area contributed by atoms with Crippen molar-refractivity contribution < 1.29 is 4.79 Å². The molecule has 1 amide bonds. The molecule has 0 unspecified atom stereocenters. The number of carbonyl (C=O) groups is 1. The molecule has 0 aliphatic heterocycles. The van der Waals surface area contributed by atoms with E-state index in [1.54, 1.807) is 4.90 Å². The Morgan fingerprint density at radius 2 is 2.18 bits per heavy atom. The van der Waals surface area contributed by atoms with Crippen molar-refractivity contribution in [1.29, 1.82) is 0 Å². The third-order valence-electron chi connectivity index (χ3n) is 1.31. The molecule has 0 radical (unpaired) electrons. The number of hydrogen-bond acceptors (Lipinski definition) is 1. The summed E-state index contributed by atoms with van der Waals surface area (Å²) in [5.41, 5.74) is 0.977. The highest BCUT2D eigenvalue weighted by atomic mass is 35.5. The lowest BCUT2D eigenvalue weighted by Crippen LogP contribution is -2.32. The van der Waals surface area contributed by atoms with Gasteiger partial charge in [0, 0.05) is 13.1 Å². The fourth-order valence-electron chi connectivity index (χ4n) is 0.787. The summed E-state index contributed by atoms with van der Waals surface area (Å²) in [5, 5.41) is 0. The SMILES string of the molecule is C=C(C)CN(CC)C(=O)CCl. The number of rotatable bonds is 4. The quantitative estimate of drug-likeness (QED) is 0.470. The van der Waals surface area contributed by atoms with Crippen molar-refractivity contribution in [2.45, 2.75) is 13.8 Å². The van der Waals surface area contributed by atoms with Crippen LogP contribution in [0.2, 0.25) is 0 Å². The average Bonchev–Trinajstić information content (AvgIpc) is 1.98. The number of halogens is 1. The second kappa shape index (κ2) is 5.19. The molecule has 0 aliphatic carbocycles. The van der Waals surface area contributed by atoms with Crippen molar-refractivity contribution in [1.82, 2.24) is 4.90 Å². The zero-order valence-electron chi connectivity index (χ0n) is 7.06. The minimum Gasteiger partial charge on any atom is -0.338 e. The fraction of sp³-hybridized carbons (Fsp3) is 0.625. The summed E-state index contributed by atoms with van der Waals surface area (Å²) in [4.78, 5) is 12.7. The Balaban J connectivity index is 3.94. The van der Waals surface area contributed by atoms with Gasteiger partial charge in [0.15, 0.2) is 0 Å². The molecule has 0 saturated heterocycles. The predicted molar refractivity (Wildman–Crippen MR) is 47.8 cm³/mol. The van der Waals surface area contributed by atoms with Gasteiger partial charge in [0.25, 0.3) is 0 Å². The minimum absolute atomic E-state index is 0.0304. The van der Waals surface area contributed by atoms with Gasteiger partial charge in [-0.05, 0) is 13.8 Å². The van der Waals surface area contributed by atoms with Crippen molar-refractivity contribution in [2.75, 3.05) is 19.0 Å². The van der Waals surface area contributed by atoms with Gasteiger partial charge < -0.3 is 4.90 Å². The van der Waals surface area contributed by atoms with E-state index in [4.69, 9.17) is 11.6 Å². The predicted octanol–water partition coefficient (Wildman–Crippen LogP) is 1.65. The van der Waals surface area contributed by atoms with Gasteiger partial charge in [-0.3, -0.25) is 4.79 Å². The van der Waals surface area contributed by atoms with E-state index in [0.29, 0.717) is 13.1 Å². The summed E-state index contributed by atoms with van der Waals surface area (Å²) in [7, 11) is 0. The highest BCUT2D eigenvalue weighted by Crippen LogP contribution is 1.97. The van der Waals surface area contributed by atoms with Gasteiger partial charge in [0.2, 0.25) is 5.91 Å². The largest absolute Gasteiger partial charge is 0.338 e. The number of alkyl halides is 1. The zero-order chi connectivity index (χ0) is 8.85. The van der Waals surface area contributed by atoms with E-state index < -0.39 is 0 Å². The smallest absolute Gasteiger partial charge is 0.237 e. The maximum Gasteiger partial charge on any atom is 0.237 e. The summed E-state index contributed by atoms with van der Waals surface area (Å²) >= 11 is 5.39. The Bertz CT molecular complexity index is 156. The average molecular weight is 176 g/mol. The first-order valence-electron chi connectivity index (χ1n) is 3.60. The number of nitrogens with zero attached hydrogens (tertiary/aromatic N) is 1. The standard InChI is InChI=1S/C8H14ClNO/c1-4-10(6-7(2)3)8(11)5-9/h2,4-6H2,1,3H3. The molecular weight excluding hydrogens is 162 g/mol. The first-order valence-corrected chi connectivity index (χ1v) is 4.13. The Morgan fingerprint density at radius 1 is 1.64 bits per heavy atom. The molecule has 0 aliphatic rings. The van der Waals surface area contributed by atoms with Crippen LogP contribution in [0.25, 0.3) is 0 Å². The van der Waals surface area contributed by atoms with E-state index in [-0.39, 0.29) is 11.8 Å². The van der Waals surface area contributed by atoms with Crippen molar-refractivity contribution in [3.05, 3.63) is 12.2 Å². The number of carbonyl (C=O) groups excluding carboxylic acids is 1. The lowest BCUT2D eigenvalue weighted by atomic mass is 10.3. The number of hydrogen-bond donors (Lipinski definition) is 0. The van der Waals surface area contributed by atoms with Crippen LogP contribution in [0.5, 0.6) is 0 Å². The van der Waals surface area contributed by atoms with Crippen molar-refractivity contribution >= 4 is 17.5 Å². The van der Waals surface area contributed by atoms with Crippen LogP contribution in [-0.4, -0.2) is 29.8 Å². The molecule has 0 heterocycles. The summed E-state index contributed by atoms with van der Waals surface area (Å²) in [5.74, 6) is 0.0263. The Kier molecular flexibility index (Phi) is 4.95. The molecular formula is C8H14ClNO. The van der Waals surface area contributed by atoms with Gasteiger partial charge >= 0.3 is 0 Å². The normalized spacial score (nSPS) is 9.36. The second-order valence-electron chi connectivity index (χ2n) is 2.50. The molecule has 0 bridgehead atoms. The molecule has 0 fully saturated rings. The molecule has 2 nitrogen and oxygen atoms in total. The van der Waals surface area contributed by atoms with Crippen molar-refractivity contribution in [3.63, 3.8) is 0 Å². The fourth-order valence-corrected chi connectivity index (χ4v) is 0.956. The van der Waals surface area contributed by atoms with E-state index in [1.165, 1.54) is 0 Å². The van der Waals surface area contributed by atoms with E-state index in [0.717, 1.165) is 5.57 Å². The molecule has 0 aromatic carbocycles. The number of likely N-dealkylation sites (N-methyl/N-ethyl adjacent to an activating group) is 1. The molecule has 0 N–H and O–H groups in total. The lowest BCUT2D eigenvalue weighted by Gasteiger charge is -2.19. The zero-order valence-corrected chi connectivity index (χ0v) is 7.82. The molecule has 0 aromatic rings. The summed E-state index contributed by atoms with van der Waals surface area (Å²) in [6.45, 7) is 8.85. The van der Waals surface area contributed by atoms with Crippen LogP contribution in [0.15, 0.2) is 12.2 Å². The topological polar surface area (TPSA) is 20.3 Å². The van der Waals surface area contributed by atoms with Crippen molar-refractivity contribution in [3.8, 4) is 0 Å². The third-order valence-corrected chi connectivity index (χ3v) is 1.54. The van der Waals surface area contributed by atoms with Crippen molar-refractivity contribution in [2.24, 2.45) is 0 Å². The van der Waals surface area contributed by atoms with Crippen LogP contribution in [-0.2, 0) is 4.79 Å². The maximum absolute atomic E-state index is 11.0. The molecule has 0 aromatic heterocycles. The van der Waals surface area contributed by atoms with Crippen LogP contribution in [0, 0.1) is 0 Å². The maximum atomic E-state index is 11.0. The summed E-state index contributed by atoms with van der Waals surface area (Å²) < 4.78 is 0. The van der Waals surface area contributed by atoms with Crippen LogP contribution in [0.1, 0.15) is 13.8 Å². The van der Waals surface area contributed by atoms with E-state index in [1.807, 2.05) is 13.8 Å². The van der Waals surface area contributed by atoms with Gasteiger partial charge in [-0.25, -0.2) is 0 Å². The van der Waals surface area contributed by atoms with Gasteiger partial charge in [-0.15, -0.1) is 11.6 Å². The molecule has 11 heavy (non-hydrogen) atoms. The van der Waals surface area contributed by atoms with Gasteiger partial charge in [0.1, 0.15) is 5.88 Å². The monoisotopic (exact) mass is 175 g/mol. The molecule has 0 saturated carbocycles. The van der Waals surface area contributed by atoms with Crippen LogP contribution in [0.4, 0.5) is 0 Å². The van der Waals surface area contributed by atoms with E-state index in [9.17, 15) is 4.79 Å². The second-order valence-corrected chi connectivity index (χ2v) is 2.77. The minimum atomic E-state index is -0.0304. The summed E-state index contributed by atoms with van der Waals surface area (Å²) in [6, 6.07) is 0. The highest BCUT2D eigenvalue weighted by molar-refractivity contribution is 6.27. The Hall–Kier alpha value is -0.500. The Morgan fingerprint density at radius 3 is 2.45 bits per heavy atom. The number of amides is 1. The van der Waals surface area contributed by atoms with Gasteiger partial charge in [0.05, 0.1) is 0 Å². The first kappa shape index (κ1) is 10.5. The van der Waals surface area contributed by atoms with Gasteiger partial charge in [-0.1, -0.05) is 12.2 Å². The highest BCUT2D eigenvalue weighted by Gasteiger charge is 2.08. The first-order chi connectivity index (χ1) is 5.11.